The predicted octanol–water partition coefficient (Wildman–Crippen LogP) is 3.44. The summed E-state index contributed by atoms with van der Waals surface area (Å²) < 4.78 is 0. The third kappa shape index (κ3) is 3.35. The monoisotopic (exact) mass is 275 g/mol. The van der Waals surface area contributed by atoms with Crippen molar-refractivity contribution in [2.75, 3.05) is 6.54 Å². The van der Waals surface area contributed by atoms with Crippen LogP contribution in [0.5, 0.6) is 0 Å². The molecule has 0 bridgehead atoms. The molecule has 0 aliphatic heterocycles. The molecule has 0 heterocycles. The summed E-state index contributed by atoms with van der Waals surface area (Å²) in [6.07, 6.45) is -0.593. The van der Waals surface area contributed by atoms with E-state index in [0.717, 1.165) is 5.56 Å². The maximum Gasteiger partial charge on any atom is 0.0670 e. The molecule has 0 saturated heterocycles. The van der Waals surface area contributed by atoms with Crippen molar-refractivity contribution in [3.05, 3.63) is 33.8 Å². The summed E-state index contributed by atoms with van der Waals surface area (Å²) in [4.78, 5) is 0. The standard InChI is InChI=1S/C13H19Cl2NO/c1-13(2,3)12(17)8(7-16)11-9(14)5-4-6-10(11)15/h4-6,8,12,17H,7,16H2,1-3H3. The van der Waals surface area contributed by atoms with Gasteiger partial charge < -0.3 is 10.8 Å². The van der Waals surface area contributed by atoms with Gasteiger partial charge in [0.25, 0.3) is 0 Å². The largest absolute Gasteiger partial charge is 0.392 e. The molecule has 17 heavy (non-hydrogen) atoms. The average Bonchev–Trinajstić information content (AvgIpc) is 2.21. The van der Waals surface area contributed by atoms with Gasteiger partial charge in [-0.1, -0.05) is 50.0 Å². The summed E-state index contributed by atoms with van der Waals surface area (Å²) in [5.74, 6) is -0.254. The van der Waals surface area contributed by atoms with E-state index < -0.39 is 6.10 Å². The van der Waals surface area contributed by atoms with Gasteiger partial charge in [-0.2, -0.15) is 0 Å². The molecule has 0 amide bonds. The molecule has 4 heteroatoms. The normalized spacial score (nSPS) is 15.7. The molecule has 0 fully saturated rings. The highest BCUT2D eigenvalue weighted by Gasteiger charge is 2.32. The van der Waals surface area contributed by atoms with Gasteiger partial charge in [0, 0.05) is 22.5 Å². The van der Waals surface area contributed by atoms with Crippen LogP contribution in [0.15, 0.2) is 18.2 Å². The van der Waals surface area contributed by atoms with E-state index in [0.29, 0.717) is 16.6 Å². The lowest BCUT2D eigenvalue weighted by Gasteiger charge is -2.33. The third-order valence-corrected chi connectivity index (χ3v) is 3.55. The van der Waals surface area contributed by atoms with Gasteiger partial charge in [-0.25, -0.2) is 0 Å². The van der Waals surface area contributed by atoms with E-state index in [2.05, 4.69) is 0 Å². The van der Waals surface area contributed by atoms with E-state index in [9.17, 15) is 5.11 Å². The smallest absolute Gasteiger partial charge is 0.0670 e. The molecule has 2 nitrogen and oxygen atoms in total. The second-order valence-electron chi connectivity index (χ2n) is 5.29. The van der Waals surface area contributed by atoms with Gasteiger partial charge in [0.15, 0.2) is 0 Å². The second kappa shape index (κ2) is 5.57. The number of benzene rings is 1. The quantitative estimate of drug-likeness (QED) is 0.888. The van der Waals surface area contributed by atoms with Crippen LogP contribution in [0.1, 0.15) is 32.3 Å². The highest BCUT2D eigenvalue weighted by Crippen LogP contribution is 2.38. The first kappa shape index (κ1) is 14.8. The minimum Gasteiger partial charge on any atom is -0.392 e. The van der Waals surface area contributed by atoms with E-state index in [1.807, 2.05) is 20.8 Å². The number of aliphatic hydroxyl groups excluding tert-OH is 1. The zero-order valence-corrected chi connectivity index (χ0v) is 11.9. The van der Waals surface area contributed by atoms with Crippen LogP contribution in [-0.2, 0) is 0 Å². The Balaban J connectivity index is 3.19. The Morgan fingerprint density at radius 3 is 2.06 bits per heavy atom. The Morgan fingerprint density at radius 1 is 1.24 bits per heavy atom. The van der Waals surface area contributed by atoms with Crippen molar-refractivity contribution in [3.63, 3.8) is 0 Å². The summed E-state index contributed by atoms with van der Waals surface area (Å²) in [6.45, 7) is 6.20. The molecule has 2 atom stereocenters. The van der Waals surface area contributed by atoms with Crippen molar-refractivity contribution >= 4 is 23.2 Å². The number of hydrogen-bond donors (Lipinski definition) is 2. The van der Waals surface area contributed by atoms with Crippen molar-refractivity contribution in [1.82, 2.24) is 0 Å². The van der Waals surface area contributed by atoms with Crippen molar-refractivity contribution in [2.45, 2.75) is 32.8 Å². The molecular weight excluding hydrogens is 257 g/mol. The summed E-state index contributed by atoms with van der Waals surface area (Å²) in [6, 6.07) is 5.31. The fourth-order valence-corrected chi connectivity index (χ4v) is 2.55. The second-order valence-corrected chi connectivity index (χ2v) is 6.10. The van der Waals surface area contributed by atoms with Crippen LogP contribution < -0.4 is 5.73 Å². The van der Waals surface area contributed by atoms with E-state index >= 15 is 0 Å². The van der Waals surface area contributed by atoms with E-state index in [-0.39, 0.29) is 11.3 Å². The van der Waals surface area contributed by atoms with Crippen LogP contribution in [-0.4, -0.2) is 17.8 Å². The molecule has 1 aromatic carbocycles. The molecule has 3 N–H and O–H groups in total. The number of halogens is 2. The van der Waals surface area contributed by atoms with Gasteiger partial charge >= 0.3 is 0 Å². The van der Waals surface area contributed by atoms with Crippen LogP contribution in [0.3, 0.4) is 0 Å². The lowest BCUT2D eigenvalue weighted by molar-refractivity contribution is 0.0408. The minimum atomic E-state index is -0.593. The zero-order valence-electron chi connectivity index (χ0n) is 10.4. The fourth-order valence-electron chi connectivity index (χ4n) is 1.87. The van der Waals surface area contributed by atoms with Crippen LogP contribution in [0.2, 0.25) is 10.0 Å². The van der Waals surface area contributed by atoms with Gasteiger partial charge in [-0.3, -0.25) is 0 Å². The van der Waals surface area contributed by atoms with Gasteiger partial charge in [-0.15, -0.1) is 0 Å². The molecule has 96 valence electrons. The average molecular weight is 276 g/mol. The van der Waals surface area contributed by atoms with Crippen molar-refractivity contribution < 1.29 is 5.11 Å². The van der Waals surface area contributed by atoms with Crippen molar-refractivity contribution in [1.29, 1.82) is 0 Å². The van der Waals surface area contributed by atoms with Crippen LogP contribution >= 0.6 is 23.2 Å². The lowest BCUT2D eigenvalue weighted by Crippen LogP contribution is -2.36. The number of rotatable bonds is 3. The lowest BCUT2D eigenvalue weighted by atomic mass is 9.78. The first-order chi connectivity index (χ1) is 7.79. The van der Waals surface area contributed by atoms with Gasteiger partial charge in [-0.05, 0) is 23.1 Å². The van der Waals surface area contributed by atoms with E-state index in [1.165, 1.54) is 0 Å². The third-order valence-electron chi connectivity index (χ3n) is 2.89. The molecule has 0 aliphatic rings. The highest BCUT2D eigenvalue weighted by molar-refractivity contribution is 6.36. The molecule has 0 aromatic heterocycles. The topological polar surface area (TPSA) is 46.2 Å². The summed E-state index contributed by atoms with van der Waals surface area (Å²) in [5.41, 5.74) is 6.23. The molecule has 1 aromatic rings. The van der Waals surface area contributed by atoms with Gasteiger partial charge in [0.05, 0.1) is 6.10 Å². The zero-order chi connectivity index (χ0) is 13.2. The molecule has 0 saturated carbocycles. The fraction of sp³-hybridized carbons (Fsp3) is 0.538. The summed E-state index contributed by atoms with van der Waals surface area (Å²) in [5, 5.41) is 11.5. The first-order valence-corrected chi connectivity index (χ1v) is 6.36. The first-order valence-electron chi connectivity index (χ1n) is 5.61. The summed E-state index contributed by atoms with van der Waals surface area (Å²) in [7, 11) is 0. The molecule has 0 radical (unpaired) electrons. The minimum absolute atomic E-state index is 0.254. The number of hydrogen-bond acceptors (Lipinski definition) is 2. The molecular formula is C13H19Cl2NO. The molecule has 0 spiro atoms. The van der Waals surface area contributed by atoms with Crippen LogP contribution in [0, 0.1) is 5.41 Å². The molecule has 1 rings (SSSR count). The Labute approximate surface area is 113 Å². The Bertz CT molecular complexity index is 367. The predicted molar refractivity (Wildman–Crippen MR) is 73.7 cm³/mol. The van der Waals surface area contributed by atoms with Crippen molar-refractivity contribution in [2.24, 2.45) is 11.1 Å². The van der Waals surface area contributed by atoms with Gasteiger partial charge in [0.2, 0.25) is 0 Å². The SMILES string of the molecule is CC(C)(C)C(O)C(CN)c1c(Cl)cccc1Cl. The molecule has 2 unspecified atom stereocenters. The molecule has 0 aliphatic carbocycles. The van der Waals surface area contributed by atoms with Crippen LogP contribution in [0.4, 0.5) is 0 Å². The number of aliphatic hydroxyl groups is 1. The Kier molecular flexibility index (Phi) is 4.85. The van der Waals surface area contributed by atoms with E-state index in [4.69, 9.17) is 28.9 Å². The van der Waals surface area contributed by atoms with Crippen molar-refractivity contribution in [3.8, 4) is 0 Å². The Morgan fingerprint density at radius 2 is 1.71 bits per heavy atom. The maximum atomic E-state index is 10.4. The van der Waals surface area contributed by atoms with Gasteiger partial charge in [0.1, 0.15) is 0 Å². The van der Waals surface area contributed by atoms with Crippen LogP contribution in [0.25, 0.3) is 0 Å². The van der Waals surface area contributed by atoms with E-state index in [1.54, 1.807) is 18.2 Å². The maximum absolute atomic E-state index is 10.4. The summed E-state index contributed by atoms with van der Waals surface area (Å²) >= 11 is 12.3. The Hall–Kier alpha value is -0.280. The number of nitrogens with two attached hydrogens (primary N) is 1. The highest BCUT2D eigenvalue weighted by atomic mass is 35.5.